The van der Waals surface area contributed by atoms with Crippen molar-refractivity contribution in [2.24, 2.45) is 0 Å². The minimum atomic E-state index is -3.14. The Morgan fingerprint density at radius 3 is 2.41 bits per heavy atom. The smallest absolute Gasteiger partial charge is 0.247 e. The van der Waals surface area contributed by atoms with Gasteiger partial charge < -0.3 is 4.42 Å². The van der Waals surface area contributed by atoms with Gasteiger partial charge in [-0.1, -0.05) is 0 Å². The van der Waals surface area contributed by atoms with Gasteiger partial charge in [0.15, 0.2) is 0 Å². The van der Waals surface area contributed by atoms with Crippen molar-refractivity contribution in [3.05, 3.63) is 36.0 Å². The highest BCUT2D eigenvalue weighted by molar-refractivity contribution is 7.88. The molecule has 0 unspecified atom stereocenters. The molecule has 1 aliphatic heterocycles. The molecular weight excluding hydrogens is 309 g/mol. The Bertz CT molecular complexity index is 750. The van der Waals surface area contributed by atoms with Gasteiger partial charge >= 0.3 is 0 Å². The van der Waals surface area contributed by atoms with Crippen LogP contribution in [0.15, 0.2) is 28.7 Å². The summed E-state index contributed by atoms with van der Waals surface area (Å²) in [6.45, 7) is 0.912. The Morgan fingerprint density at radius 1 is 1.18 bits per heavy atom. The lowest BCUT2D eigenvalue weighted by atomic mass is 9.98. The Balaban J connectivity index is 1.71. The van der Waals surface area contributed by atoms with Gasteiger partial charge in [0.25, 0.3) is 0 Å². The fourth-order valence-electron chi connectivity index (χ4n) is 2.54. The van der Waals surface area contributed by atoms with Crippen LogP contribution in [0.5, 0.6) is 0 Å². The molecule has 0 bridgehead atoms. The second kappa shape index (κ2) is 5.77. The average Bonchev–Trinajstić information content (AvgIpc) is 2.97. The lowest BCUT2D eigenvalue weighted by molar-refractivity contribution is 0.293. The molecule has 8 heteroatoms. The first-order chi connectivity index (χ1) is 10.4. The van der Waals surface area contributed by atoms with Crippen LogP contribution in [-0.2, 0) is 10.0 Å². The predicted octanol–water partition coefficient (Wildman–Crippen LogP) is 2.01. The van der Waals surface area contributed by atoms with Crippen LogP contribution in [0, 0.1) is 5.82 Å². The molecule has 22 heavy (non-hydrogen) atoms. The summed E-state index contributed by atoms with van der Waals surface area (Å²) in [4.78, 5) is 0. The number of hydrogen-bond donors (Lipinski definition) is 0. The molecule has 0 N–H and O–H groups in total. The quantitative estimate of drug-likeness (QED) is 0.863. The van der Waals surface area contributed by atoms with Gasteiger partial charge in [0.05, 0.1) is 6.26 Å². The van der Waals surface area contributed by atoms with E-state index in [1.807, 2.05) is 0 Å². The van der Waals surface area contributed by atoms with E-state index in [1.165, 1.54) is 22.7 Å². The minimum absolute atomic E-state index is 0.0553. The van der Waals surface area contributed by atoms with Gasteiger partial charge in [-0.05, 0) is 37.1 Å². The van der Waals surface area contributed by atoms with Crippen LogP contribution in [0.4, 0.5) is 4.39 Å². The van der Waals surface area contributed by atoms with Gasteiger partial charge in [-0.2, -0.15) is 0 Å². The third kappa shape index (κ3) is 3.17. The number of sulfonamides is 1. The molecule has 1 saturated heterocycles. The Kier molecular flexibility index (Phi) is 3.96. The molecule has 6 nitrogen and oxygen atoms in total. The van der Waals surface area contributed by atoms with E-state index in [0.29, 0.717) is 43.3 Å². The summed E-state index contributed by atoms with van der Waals surface area (Å²) in [6, 6.07) is 5.84. The summed E-state index contributed by atoms with van der Waals surface area (Å²) in [7, 11) is -3.14. The summed E-state index contributed by atoms with van der Waals surface area (Å²) in [6.07, 6.45) is 2.52. The number of piperidine rings is 1. The Hall–Kier alpha value is -1.80. The molecule has 0 atom stereocenters. The van der Waals surface area contributed by atoms with E-state index >= 15 is 0 Å². The second-order valence-corrected chi connectivity index (χ2v) is 7.37. The topological polar surface area (TPSA) is 76.3 Å². The molecule has 2 heterocycles. The zero-order valence-electron chi connectivity index (χ0n) is 12.1. The molecule has 0 radical (unpaired) electrons. The van der Waals surface area contributed by atoms with Crippen LogP contribution in [-0.4, -0.2) is 42.3 Å². The first-order valence-electron chi connectivity index (χ1n) is 6.98. The normalized spacial score (nSPS) is 17.7. The van der Waals surface area contributed by atoms with Crippen LogP contribution < -0.4 is 0 Å². The third-order valence-corrected chi connectivity index (χ3v) is 5.11. The molecule has 118 valence electrons. The lowest BCUT2D eigenvalue weighted by Crippen LogP contribution is -2.37. The summed E-state index contributed by atoms with van der Waals surface area (Å²) in [5.74, 6) is 0.587. The summed E-state index contributed by atoms with van der Waals surface area (Å²) in [5, 5.41) is 8.04. The molecule has 0 saturated carbocycles. The molecule has 1 fully saturated rings. The maximum Gasteiger partial charge on any atom is 0.247 e. The molecule has 1 aromatic heterocycles. The van der Waals surface area contributed by atoms with Crippen LogP contribution >= 0.6 is 0 Å². The Labute approximate surface area is 128 Å². The third-order valence-electron chi connectivity index (χ3n) is 3.80. The van der Waals surface area contributed by atoms with E-state index in [4.69, 9.17) is 4.42 Å². The largest absolute Gasteiger partial charge is 0.420 e. The summed E-state index contributed by atoms with van der Waals surface area (Å²) >= 11 is 0. The molecule has 3 rings (SSSR count). The van der Waals surface area contributed by atoms with E-state index in [-0.39, 0.29) is 11.7 Å². The van der Waals surface area contributed by atoms with Crippen LogP contribution in [0.2, 0.25) is 0 Å². The zero-order valence-corrected chi connectivity index (χ0v) is 12.9. The van der Waals surface area contributed by atoms with Gasteiger partial charge in [0, 0.05) is 24.6 Å². The lowest BCUT2D eigenvalue weighted by Gasteiger charge is -2.28. The van der Waals surface area contributed by atoms with Gasteiger partial charge in [-0.15, -0.1) is 10.2 Å². The minimum Gasteiger partial charge on any atom is -0.420 e. The average molecular weight is 325 g/mol. The van der Waals surface area contributed by atoms with E-state index in [9.17, 15) is 12.8 Å². The molecular formula is C14H16FN3O3S. The van der Waals surface area contributed by atoms with Crippen molar-refractivity contribution in [3.8, 4) is 11.5 Å². The first kappa shape index (κ1) is 15.1. The zero-order chi connectivity index (χ0) is 15.7. The predicted molar refractivity (Wildman–Crippen MR) is 78.1 cm³/mol. The number of halogens is 1. The second-order valence-electron chi connectivity index (χ2n) is 5.39. The van der Waals surface area contributed by atoms with Crippen LogP contribution in [0.1, 0.15) is 24.7 Å². The number of rotatable bonds is 3. The monoisotopic (exact) mass is 325 g/mol. The van der Waals surface area contributed by atoms with E-state index < -0.39 is 10.0 Å². The van der Waals surface area contributed by atoms with Gasteiger partial charge in [0.1, 0.15) is 5.82 Å². The SMILES string of the molecule is CS(=O)(=O)N1CCC(c2nnc(-c3ccc(F)cc3)o2)CC1. The fraction of sp³-hybridized carbons (Fsp3) is 0.429. The van der Waals surface area contributed by atoms with Crippen molar-refractivity contribution in [2.75, 3.05) is 19.3 Å². The summed E-state index contributed by atoms with van der Waals surface area (Å²) < 4.78 is 43.0. The summed E-state index contributed by atoms with van der Waals surface area (Å²) in [5.41, 5.74) is 0.661. The molecule has 0 amide bonds. The van der Waals surface area contributed by atoms with Crippen LogP contribution in [0.3, 0.4) is 0 Å². The first-order valence-corrected chi connectivity index (χ1v) is 8.83. The maximum atomic E-state index is 12.9. The fourth-order valence-corrected chi connectivity index (χ4v) is 3.42. The van der Waals surface area contributed by atoms with Gasteiger partial charge in [-0.3, -0.25) is 0 Å². The highest BCUT2D eigenvalue weighted by Crippen LogP contribution is 2.30. The number of aromatic nitrogens is 2. The van der Waals surface area contributed by atoms with Crippen LogP contribution in [0.25, 0.3) is 11.5 Å². The van der Waals surface area contributed by atoms with Crippen molar-refractivity contribution in [2.45, 2.75) is 18.8 Å². The van der Waals surface area contributed by atoms with Gasteiger partial charge in [0.2, 0.25) is 21.8 Å². The highest BCUT2D eigenvalue weighted by atomic mass is 32.2. The van der Waals surface area contributed by atoms with E-state index in [0.717, 1.165) is 0 Å². The number of benzene rings is 1. The van der Waals surface area contributed by atoms with Crippen molar-refractivity contribution in [1.29, 1.82) is 0 Å². The van der Waals surface area contributed by atoms with Crippen molar-refractivity contribution in [3.63, 3.8) is 0 Å². The van der Waals surface area contributed by atoms with Crippen molar-refractivity contribution in [1.82, 2.24) is 14.5 Å². The van der Waals surface area contributed by atoms with E-state index in [1.54, 1.807) is 12.1 Å². The Morgan fingerprint density at radius 2 is 1.82 bits per heavy atom. The highest BCUT2D eigenvalue weighted by Gasteiger charge is 2.28. The molecule has 1 aromatic carbocycles. The number of nitrogens with zero attached hydrogens (tertiary/aromatic N) is 3. The van der Waals surface area contributed by atoms with Crippen molar-refractivity contribution >= 4 is 10.0 Å². The maximum absolute atomic E-state index is 12.9. The molecule has 0 spiro atoms. The molecule has 1 aliphatic rings. The molecule has 2 aromatic rings. The molecule has 0 aliphatic carbocycles. The van der Waals surface area contributed by atoms with E-state index in [2.05, 4.69) is 10.2 Å². The number of hydrogen-bond acceptors (Lipinski definition) is 5. The van der Waals surface area contributed by atoms with Crippen molar-refractivity contribution < 1.29 is 17.2 Å². The standard InChI is InChI=1S/C14H16FN3O3S/c1-22(19,20)18-8-6-11(7-9-18)14-17-16-13(21-14)10-2-4-12(15)5-3-10/h2-5,11H,6-9H2,1H3. The van der Waals surface area contributed by atoms with Gasteiger partial charge in [-0.25, -0.2) is 17.1 Å².